The van der Waals surface area contributed by atoms with E-state index in [2.05, 4.69) is 11.4 Å². The lowest BCUT2D eigenvalue weighted by molar-refractivity contribution is -0.116. The second-order valence-electron chi connectivity index (χ2n) is 5.06. The molecule has 1 amide bonds. The van der Waals surface area contributed by atoms with Crippen LogP contribution in [0.4, 0.5) is 11.4 Å². The van der Waals surface area contributed by atoms with E-state index >= 15 is 0 Å². The number of rotatable bonds is 5. The lowest BCUT2D eigenvalue weighted by atomic mass is 10.1. The number of benzene rings is 2. The zero-order chi connectivity index (χ0) is 15.2. The lowest BCUT2D eigenvalue weighted by Gasteiger charge is -2.10. The van der Waals surface area contributed by atoms with Gasteiger partial charge in [0.25, 0.3) is 0 Å². The Kier molecular flexibility index (Phi) is 4.82. The quantitative estimate of drug-likeness (QED) is 0.828. The van der Waals surface area contributed by atoms with Gasteiger partial charge in [-0.05, 0) is 49.2 Å². The molecule has 4 heteroatoms. The highest BCUT2D eigenvalue weighted by atomic mass is 16.5. The van der Waals surface area contributed by atoms with Crippen LogP contribution in [0.5, 0.6) is 5.75 Å². The van der Waals surface area contributed by atoms with Gasteiger partial charge in [0.05, 0.1) is 18.7 Å². The van der Waals surface area contributed by atoms with Crippen LogP contribution in [-0.4, -0.2) is 12.5 Å². The number of para-hydroxylation sites is 2. The van der Waals surface area contributed by atoms with E-state index in [9.17, 15) is 4.79 Å². The highest BCUT2D eigenvalue weighted by Gasteiger charge is 2.05. The Hall–Kier alpha value is -2.49. The standard InChI is InChI=1S/C17H20N2O2/c1-12-9-13(2)11-14(10-12)19-17(20)7-8-21-16-6-4-3-5-15(16)18/h3-6,9-11H,7-8,18H2,1-2H3,(H,19,20). The third-order valence-electron chi connectivity index (χ3n) is 3.01. The summed E-state index contributed by atoms with van der Waals surface area (Å²) in [5.74, 6) is 0.534. The molecule has 4 nitrogen and oxygen atoms in total. The topological polar surface area (TPSA) is 64.3 Å². The number of hydrogen-bond donors (Lipinski definition) is 2. The van der Waals surface area contributed by atoms with Gasteiger partial charge >= 0.3 is 0 Å². The van der Waals surface area contributed by atoms with Gasteiger partial charge in [-0.15, -0.1) is 0 Å². The van der Waals surface area contributed by atoms with E-state index < -0.39 is 0 Å². The molecule has 0 saturated carbocycles. The molecular weight excluding hydrogens is 264 g/mol. The molecule has 2 rings (SSSR count). The molecule has 2 aromatic rings. The number of ether oxygens (including phenoxy) is 1. The Balaban J connectivity index is 1.84. The smallest absolute Gasteiger partial charge is 0.227 e. The van der Waals surface area contributed by atoms with E-state index in [1.54, 1.807) is 12.1 Å². The predicted octanol–water partition coefficient (Wildman–Crippen LogP) is 3.29. The molecule has 0 aromatic heterocycles. The zero-order valence-corrected chi connectivity index (χ0v) is 12.3. The fourth-order valence-electron chi connectivity index (χ4n) is 2.14. The molecule has 3 N–H and O–H groups in total. The van der Waals surface area contributed by atoms with Gasteiger partial charge in [-0.1, -0.05) is 18.2 Å². The van der Waals surface area contributed by atoms with Crippen molar-refractivity contribution in [2.24, 2.45) is 0 Å². The van der Waals surface area contributed by atoms with Crippen molar-refractivity contribution in [1.29, 1.82) is 0 Å². The molecule has 2 aromatic carbocycles. The summed E-state index contributed by atoms with van der Waals surface area (Å²) in [4.78, 5) is 11.9. The summed E-state index contributed by atoms with van der Waals surface area (Å²) in [5, 5.41) is 2.87. The average Bonchev–Trinajstić information content (AvgIpc) is 2.39. The van der Waals surface area contributed by atoms with Crippen LogP contribution in [0, 0.1) is 13.8 Å². The fraction of sp³-hybridized carbons (Fsp3) is 0.235. The number of hydrogen-bond acceptors (Lipinski definition) is 3. The summed E-state index contributed by atoms with van der Waals surface area (Å²) < 4.78 is 5.51. The third-order valence-corrected chi connectivity index (χ3v) is 3.01. The van der Waals surface area contributed by atoms with E-state index in [0.29, 0.717) is 18.0 Å². The fourth-order valence-corrected chi connectivity index (χ4v) is 2.14. The molecule has 0 saturated heterocycles. The molecule has 110 valence electrons. The second-order valence-corrected chi connectivity index (χ2v) is 5.06. The van der Waals surface area contributed by atoms with Crippen molar-refractivity contribution < 1.29 is 9.53 Å². The summed E-state index contributed by atoms with van der Waals surface area (Å²) in [6.45, 7) is 4.30. The maximum atomic E-state index is 11.9. The van der Waals surface area contributed by atoms with Gasteiger partial charge in [-0.3, -0.25) is 4.79 Å². The monoisotopic (exact) mass is 284 g/mol. The molecule has 0 aliphatic carbocycles. The lowest BCUT2D eigenvalue weighted by Crippen LogP contribution is -2.15. The van der Waals surface area contributed by atoms with Gasteiger partial charge in [0.15, 0.2) is 0 Å². The second kappa shape index (κ2) is 6.79. The van der Waals surface area contributed by atoms with Crippen LogP contribution in [0.1, 0.15) is 17.5 Å². The number of nitrogen functional groups attached to an aromatic ring is 1. The largest absolute Gasteiger partial charge is 0.491 e. The van der Waals surface area contributed by atoms with Crippen LogP contribution in [0.3, 0.4) is 0 Å². The van der Waals surface area contributed by atoms with Crippen molar-refractivity contribution in [3.8, 4) is 5.75 Å². The maximum absolute atomic E-state index is 11.9. The maximum Gasteiger partial charge on any atom is 0.227 e. The molecule has 0 unspecified atom stereocenters. The number of anilines is 2. The molecule has 0 spiro atoms. The number of carbonyl (C=O) groups is 1. The minimum atomic E-state index is -0.0745. The first kappa shape index (κ1) is 14.9. The summed E-state index contributed by atoms with van der Waals surface area (Å²) in [6, 6.07) is 13.2. The minimum absolute atomic E-state index is 0.0745. The molecule has 0 heterocycles. The van der Waals surface area contributed by atoms with Gasteiger partial charge in [0, 0.05) is 5.69 Å². The Labute approximate surface area is 124 Å². The van der Waals surface area contributed by atoms with Crippen LogP contribution < -0.4 is 15.8 Å². The van der Waals surface area contributed by atoms with Gasteiger partial charge in [0.2, 0.25) is 5.91 Å². The molecule has 0 atom stereocenters. The highest BCUT2D eigenvalue weighted by Crippen LogP contribution is 2.20. The molecule has 0 bridgehead atoms. The number of nitrogens with two attached hydrogens (primary N) is 1. The number of carbonyl (C=O) groups excluding carboxylic acids is 1. The van der Waals surface area contributed by atoms with Crippen molar-refractivity contribution >= 4 is 17.3 Å². The Morgan fingerprint density at radius 1 is 1.14 bits per heavy atom. The molecule has 0 aliphatic heterocycles. The molecule has 21 heavy (non-hydrogen) atoms. The van der Waals surface area contributed by atoms with E-state index in [1.165, 1.54) is 0 Å². The molecule has 0 radical (unpaired) electrons. The molecule has 0 aliphatic rings. The third kappa shape index (κ3) is 4.53. The van der Waals surface area contributed by atoms with Crippen molar-refractivity contribution in [2.45, 2.75) is 20.3 Å². The first-order chi connectivity index (χ1) is 10.0. The van der Waals surface area contributed by atoms with Gasteiger partial charge in [-0.25, -0.2) is 0 Å². The van der Waals surface area contributed by atoms with Crippen LogP contribution in [0.2, 0.25) is 0 Å². The van der Waals surface area contributed by atoms with Crippen LogP contribution >= 0.6 is 0 Å². The molecule has 0 fully saturated rings. The Morgan fingerprint density at radius 3 is 2.48 bits per heavy atom. The molecular formula is C17H20N2O2. The van der Waals surface area contributed by atoms with Crippen molar-refractivity contribution in [3.63, 3.8) is 0 Å². The number of nitrogens with one attached hydrogen (secondary N) is 1. The summed E-state index contributed by atoms with van der Waals surface area (Å²) in [6.07, 6.45) is 0.279. The Bertz CT molecular complexity index is 618. The average molecular weight is 284 g/mol. The van der Waals surface area contributed by atoms with Crippen LogP contribution in [0.15, 0.2) is 42.5 Å². The van der Waals surface area contributed by atoms with E-state index in [0.717, 1.165) is 16.8 Å². The van der Waals surface area contributed by atoms with Gasteiger partial charge in [0.1, 0.15) is 5.75 Å². The first-order valence-electron chi connectivity index (χ1n) is 6.90. The normalized spacial score (nSPS) is 10.2. The van der Waals surface area contributed by atoms with Crippen LogP contribution in [-0.2, 0) is 4.79 Å². The summed E-state index contributed by atoms with van der Waals surface area (Å²) in [5.41, 5.74) is 9.41. The van der Waals surface area contributed by atoms with Gasteiger partial charge < -0.3 is 15.8 Å². The minimum Gasteiger partial charge on any atom is -0.491 e. The van der Waals surface area contributed by atoms with E-state index in [4.69, 9.17) is 10.5 Å². The SMILES string of the molecule is Cc1cc(C)cc(NC(=O)CCOc2ccccc2N)c1. The van der Waals surface area contributed by atoms with Crippen molar-refractivity contribution in [1.82, 2.24) is 0 Å². The zero-order valence-electron chi connectivity index (χ0n) is 12.3. The number of aryl methyl sites for hydroxylation is 2. The van der Waals surface area contributed by atoms with E-state index in [1.807, 2.05) is 38.1 Å². The number of amides is 1. The summed E-state index contributed by atoms with van der Waals surface area (Å²) in [7, 11) is 0. The Morgan fingerprint density at radius 2 is 1.81 bits per heavy atom. The van der Waals surface area contributed by atoms with E-state index in [-0.39, 0.29) is 12.3 Å². The first-order valence-corrected chi connectivity index (χ1v) is 6.90. The predicted molar refractivity (Wildman–Crippen MR) is 85.5 cm³/mol. The van der Waals surface area contributed by atoms with Crippen molar-refractivity contribution in [2.75, 3.05) is 17.7 Å². The highest BCUT2D eigenvalue weighted by molar-refractivity contribution is 5.91. The summed E-state index contributed by atoms with van der Waals surface area (Å²) >= 11 is 0. The van der Waals surface area contributed by atoms with Crippen LogP contribution in [0.25, 0.3) is 0 Å². The van der Waals surface area contributed by atoms with Gasteiger partial charge in [-0.2, -0.15) is 0 Å². The van der Waals surface area contributed by atoms with Crippen molar-refractivity contribution in [3.05, 3.63) is 53.6 Å².